The van der Waals surface area contributed by atoms with Crippen molar-refractivity contribution in [3.8, 4) is 5.75 Å². The number of halogens is 3. The molecule has 21 heavy (non-hydrogen) atoms. The lowest BCUT2D eigenvalue weighted by molar-refractivity contribution is -0.137. The van der Waals surface area contributed by atoms with Crippen LogP contribution in [0.15, 0.2) is 48.5 Å². The molecule has 110 valence electrons. The van der Waals surface area contributed by atoms with Gasteiger partial charge in [-0.05, 0) is 29.8 Å². The number of phenols is 1. The average molecular weight is 295 g/mol. The van der Waals surface area contributed by atoms with Gasteiger partial charge in [0.05, 0.1) is 11.1 Å². The third kappa shape index (κ3) is 3.75. The highest BCUT2D eigenvalue weighted by atomic mass is 19.4. The topological polar surface area (TPSA) is 49.3 Å². The molecule has 2 aromatic carbocycles. The van der Waals surface area contributed by atoms with E-state index in [1.807, 2.05) is 0 Å². The fourth-order valence-corrected chi connectivity index (χ4v) is 1.82. The predicted molar refractivity (Wildman–Crippen MR) is 70.7 cm³/mol. The summed E-state index contributed by atoms with van der Waals surface area (Å²) in [5, 5.41) is 11.6. The van der Waals surface area contributed by atoms with E-state index in [1.165, 1.54) is 24.3 Å². The Hall–Kier alpha value is -2.50. The number of hydrogen-bond donors (Lipinski definition) is 2. The summed E-state index contributed by atoms with van der Waals surface area (Å²) in [7, 11) is 0. The molecule has 0 aliphatic heterocycles. The SMILES string of the molecule is O=C(NCc1ccc(O)cc1)c1ccccc1C(F)(F)F. The quantitative estimate of drug-likeness (QED) is 0.912. The molecule has 0 saturated carbocycles. The second kappa shape index (κ2) is 5.87. The minimum Gasteiger partial charge on any atom is -0.508 e. The molecule has 0 radical (unpaired) electrons. The predicted octanol–water partition coefficient (Wildman–Crippen LogP) is 3.34. The zero-order valence-electron chi connectivity index (χ0n) is 10.8. The maximum absolute atomic E-state index is 12.8. The minimum absolute atomic E-state index is 0.0747. The van der Waals surface area contributed by atoms with Crippen molar-refractivity contribution in [3.05, 3.63) is 65.2 Å². The smallest absolute Gasteiger partial charge is 0.417 e. The van der Waals surface area contributed by atoms with Gasteiger partial charge in [0.1, 0.15) is 5.75 Å². The van der Waals surface area contributed by atoms with E-state index < -0.39 is 23.2 Å². The van der Waals surface area contributed by atoms with Crippen LogP contribution in [0.5, 0.6) is 5.75 Å². The van der Waals surface area contributed by atoms with Gasteiger partial charge >= 0.3 is 6.18 Å². The Morgan fingerprint density at radius 3 is 2.29 bits per heavy atom. The summed E-state index contributed by atoms with van der Waals surface area (Å²) in [5.41, 5.74) is -0.706. The molecule has 6 heteroatoms. The van der Waals surface area contributed by atoms with Crippen LogP contribution < -0.4 is 5.32 Å². The fourth-order valence-electron chi connectivity index (χ4n) is 1.82. The zero-order valence-corrected chi connectivity index (χ0v) is 10.8. The average Bonchev–Trinajstić information content (AvgIpc) is 2.45. The van der Waals surface area contributed by atoms with Gasteiger partial charge in [-0.2, -0.15) is 13.2 Å². The lowest BCUT2D eigenvalue weighted by Gasteiger charge is -2.12. The number of carbonyl (C=O) groups excluding carboxylic acids is 1. The van der Waals surface area contributed by atoms with Gasteiger partial charge in [-0.15, -0.1) is 0 Å². The van der Waals surface area contributed by atoms with Crippen molar-refractivity contribution in [1.82, 2.24) is 5.32 Å². The Labute approximate surface area is 119 Å². The van der Waals surface area contributed by atoms with E-state index >= 15 is 0 Å². The van der Waals surface area contributed by atoms with Crippen molar-refractivity contribution in [2.24, 2.45) is 0 Å². The van der Waals surface area contributed by atoms with E-state index in [0.717, 1.165) is 12.1 Å². The van der Waals surface area contributed by atoms with Gasteiger partial charge in [-0.3, -0.25) is 4.79 Å². The van der Waals surface area contributed by atoms with Gasteiger partial charge in [-0.25, -0.2) is 0 Å². The molecule has 2 N–H and O–H groups in total. The van der Waals surface area contributed by atoms with Crippen LogP contribution in [-0.4, -0.2) is 11.0 Å². The summed E-state index contributed by atoms with van der Waals surface area (Å²) in [6.45, 7) is 0.0747. The number of nitrogens with one attached hydrogen (secondary N) is 1. The molecule has 0 heterocycles. The van der Waals surface area contributed by atoms with Crippen LogP contribution >= 0.6 is 0 Å². The van der Waals surface area contributed by atoms with Crippen molar-refractivity contribution in [3.63, 3.8) is 0 Å². The summed E-state index contributed by atoms with van der Waals surface area (Å²) >= 11 is 0. The monoisotopic (exact) mass is 295 g/mol. The summed E-state index contributed by atoms with van der Waals surface area (Å²) in [6, 6.07) is 10.6. The van der Waals surface area contributed by atoms with Crippen LogP contribution in [0.25, 0.3) is 0 Å². The molecule has 0 bridgehead atoms. The molecule has 0 spiro atoms. The van der Waals surface area contributed by atoms with Crippen molar-refractivity contribution in [2.75, 3.05) is 0 Å². The first-order chi connectivity index (χ1) is 9.88. The van der Waals surface area contributed by atoms with Crippen LogP contribution in [0, 0.1) is 0 Å². The molecule has 1 amide bonds. The number of alkyl halides is 3. The van der Waals surface area contributed by atoms with Gasteiger partial charge in [0.15, 0.2) is 0 Å². The van der Waals surface area contributed by atoms with E-state index in [0.29, 0.717) is 5.56 Å². The number of hydrogen-bond acceptors (Lipinski definition) is 2. The fraction of sp³-hybridized carbons (Fsp3) is 0.133. The van der Waals surface area contributed by atoms with Crippen molar-refractivity contribution >= 4 is 5.91 Å². The number of phenolic OH excluding ortho intramolecular Hbond substituents is 1. The zero-order chi connectivity index (χ0) is 15.5. The Bertz CT molecular complexity index is 636. The first kappa shape index (κ1) is 14.9. The Morgan fingerprint density at radius 1 is 1.05 bits per heavy atom. The highest BCUT2D eigenvalue weighted by Gasteiger charge is 2.34. The first-order valence-corrected chi connectivity index (χ1v) is 6.10. The molecule has 3 nitrogen and oxygen atoms in total. The first-order valence-electron chi connectivity index (χ1n) is 6.10. The summed E-state index contributed by atoms with van der Waals surface area (Å²) in [6.07, 6.45) is -4.58. The third-order valence-corrected chi connectivity index (χ3v) is 2.87. The van der Waals surface area contributed by atoms with Crippen molar-refractivity contribution in [1.29, 1.82) is 0 Å². The second-order valence-corrected chi connectivity index (χ2v) is 4.39. The summed E-state index contributed by atoms with van der Waals surface area (Å²) < 4.78 is 38.4. The lowest BCUT2D eigenvalue weighted by Crippen LogP contribution is -2.25. The van der Waals surface area contributed by atoms with Crippen LogP contribution in [-0.2, 0) is 12.7 Å². The van der Waals surface area contributed by atoms with Crippen molar-refractivity contribution in [2.45, 2.75) is 12.7 Å². The third-order valence-electron chi connectivity index (χ3n) is 2.87. The van der Waals surface area contributed by atoms with E-state index in [2.05, 4.69) is 5.32 Å². The van der Waals surface area contributed by atoms with E-state index in [4.69, 9.17) is 5.11 Å². The lowest BCUT2D eigenvalue weighted by atomic mass is 10.1. The molecule has 0 unspecified atom stereocenters. The number of rotatable bonds is 3. The molecule has 0 fully saturated rings. The number of benzene rings is 2. The van der Waals surface area contributed by atoms with Gasteiger partial charge in [0.2, 0.25) is 0 Å². The summed E-state index contributed by atoms with van der Waals surface area (Å²) in [4.78, 5) is 11.9. The van der Waals surface area contributed by atoms with Gasteiger partial charge in [0.25, 0.3) is 5.91 Å². The molecule has 2 aromatic rings. The van der Waals surface area contributed by atoms with E-state index in [9.17, 15) is 18.0 Å². The maximum Gasteiger partial charge on any atom is 0.417 e. The standard InChI is InChI=1S/C15H12F3NO2/c16-15(17,18)13-4-2-1-3-12(13)14(21)19-9-10-5-7-11(20)8-6-10/h1-8,20H,9H2,(H,19,21). The maximum atomic E-state index is 12.8. The molecule has 0 atom stereocenters. The van der Waals surface area contributed by atoms with Gasteiger partial charge in [0, 0.05) is 6.54 Å². The van der Waals surface area contributed by atoms with Crippen LogP contribution in [0.3, 0.4) is 0 Å². The van der Waals surface area contributed by atoms with E-state index in [1.54, 1.807) is 12.1 Å². The van der Waals surface area contributed by atoms with Crippen molar-refractivity contribution < 1.29 is 23.1 Å². The number of aromatic hydroxyl groups is 1. The van der Waals surface area contributed by atoms with Crippen LogP contribution in [0.2, 0.25) is 0 Å². The van der Waals surface area contributed by atoms with E-state index in [-0.39, 0.29) is 12.3 Å². The highest BCUT2D eigenvalue weighted by Crippen LogP contribution is 2.31. The molecule has 0 aliphatic carbocycles. The normalized spacial score (nSPS) is 11.2. The minimum atomic E-state index is -4.58. The molecule has 0 aromatic heterocycles. The second-order valence-electron chi connectivity index (χ2n) is 4.39. The summed E-state index contributed by atoms with van der Waals surface area (Å²) in [5.74, 6) is -0.719. The number of amides is 1. The number of carbonyl (C=O) groups is 1. The molecule has 0 aliphatic rings. The molecule has 0 saturated heterocycles. The highest BCUT2D eigenvalue weighted by molar-refractivity contribution is 5.95. The Balaban J connectivity index is 2.12. The Kier molecular flexibility index (Phi) is 4.16. The molecular formula is C15H12F3NO2. The van der Waals surface area contributed by atoms with Crippen LogP contribution in [0.4, 0.5) is 13.2 Å². The van der Waals surface area contributed by atoms with Gasteiger partial charge < -0.3 is 10.4 Å². The van der Waals surface area contributed by atoms with Crippen LogP contribution in [0.1, 0.15) is 21.5 Å². The Morgan fingerprint density at radius 2 is 1.67 bits per heavy atom. The largest absolute Gasteiger partial charge is 0.508 e. The van der Waals surface area contributed by atoms with Gasteiger partial charge in [-0.1, -0.05) is 24.3 Å². The molecular weight excluding hydrogens is 283 g/mol. The molecule has 2 rings (SSSR count).